The Bertz CT molecular complexity index is 948. The molecule has 2 heterocycles. The number of hydrogen-bond acceptors (Lipinski definition) is 3. The Balaban J connectivity index is 1.59. The van der Waals surface area contributed by atoms with E-state index in [0.717, 1.165) is 30.0 Å². The van der Waals surface area contributed by atoms with Crippen LogP contribution in [0.25, 0.3) is 0 Å². The molecule has 174 valence electrons. The van der Waals surface area contributed by atoms with Gasteiger partial charge in [-0.25, -0.2) is 0 Å². The smallest absolute Gasteiger partial charge is 0.368 e. The number of carbonyl (C=O) groups excluding carboxylic acids is 1. The van der Waals surface area contributed by atoms with E-state index < -0.39 is 23.6 Å². The molecule has 0 spiro atoms. The third-order valence-corrected chi connectivity index (χ3v) is 5.64. The third kappa shape index (κ3) is 5.52. The number of aromatic nitrogens is 1. The lowest BCUT2D eigenvalue weighted by atomic mass is 9.98. The Kier molecular flexibility index (Phi) is 6.71. The van der Waals surface area contributed by atoms with Crippen LogP contribution in [0, 0.1) is 6.92 Å². The zero-order chi connectivity index (χ0) is 23.7. The highest BCUT2D eigenvalue weighted by molar-refractivity contribution is 5.77. The monoisotopic (exact) mass is 459 g/mol. The van der Waals surface area contributed by atoms with E-state index in [0.29, 0.717) is 37.4 Å². The summed E-state index contributed by atoms with van der Waals surface area (Å²) in [6.07, 6.45) is -7.70. The van der Waals surface area contributed by atoms with Gasteiger partial charge in [0.2, 0.25) is 5.91 Å². The van der Waals surface area contributed by atoms with Crippen LogP contribution >= 0.6 is 0 Å². The lowest BCUT2D eigenvalue weighted by Crippen LogP contribution is -2.49. The van der Waals surface area contributed by atoms with Crippen molar-refractivity contribution in [1.82, 2.24) is 9.88 Å². The average molecular weight is 459 g/mol. The van der Waals surface area contributed by atoms with Crippen LogP contribution in [0.2, 0.25) is 0 Å². The van der Waals surface area contributed by atoms with Crippen molar-refractivity contribution >= 4 is 11.6 Å². The van der Waals surface area contributed by atoms with E-state index >= 15 is 0 Å². The highest BCUT2D eigenvalue weighted by atomic mass is 19.4. The normalized spacial score (nSPS) is 16.2. The summed E-state index contributed by atoms with van der Waals surface area (Å²) in [5.74, 6) is -0.473. The molecule has 1 atom stereocenters. The van der Waals surface area contributed by atoms with Gasteiger partial charge in [-0.15, -0.1) is 0 Å². The molecule has 0 saturated carbocycles. The van der Waals surface area contributed by atoms with Crippen LogP contribution in [0.1, 0.15) is 41.6 Å². The van der Waals surface area contributed by atoms with Gasteiger partial charge in [-0.3, -0.25) is 9.78 Å². The van der Waals surface area contributed by atoms with E-state index in [1.54, 1.807) is 18.7 Å². The first-order valence-electron chi connectivity index (χ1n) is 10.1. The zero-order valence-electron chi connectivity index (χ0n) is 17.6. The molecule has 1 aliphatic heterocycles. The van der Waals surface area contributed by atoms with Gasteiger partial charge in [0.25, 0.3) is 0 Å². The molecular weight excluding hydrogens is 436 g/mol. The first-order chi connectivity index (χ1) is 14.9. The van der Waals surface area contributed by atoms with Gasteiger partial charge in [0, 0.05) is 44.5 Å². The number of piperazine rings is 1. The Morgan fingerprint density at radius 3 is 2.19 bits per heavy atom. The van der Waals surface area contributed by atoms with Crippen LogP contribution < -0.4 is 4.90 Å². The summed E-state index contributed by atoms with van der Waals surface area (Å²) in [5, 5.41) is 0. The van der Waals surface area contributed by atoms with Crippen molar-refractivity contribution in [2.75, 3.05) is 31.1 Å². The van der Waals surface area contributed by atoms with E-state index in [9.17, 15) is 31.1 Å². The van der Waals surface area contributed by atoms with Crippen molar-refractivity contribution < 1.29 is 31.1 Å². The fraction of sp³-hybridized carbons (Fsp3) is 0.455. The Hall–Kier alpha value is -2.78. The summed E-state index contributed by atoms with van der Waals surface area (Å²) in [7, 11) is 0. The van der Waals surface area contributed by atoms with Crippen LogP contribution in [0.15, 0.2) is 36.5 Å². The topological polar surface area (TPSA) is 36.4 Å². The van der Waals surface area contributed by atoms with Crippen LogP contribution in [0.4, 0.5) is 32.0 Å². The van der Waals surface area contributed by atoms with E-state index in [1.807, 2.05) is 4.90 Å². The lowest BCUT2D eigenvalue weighted by Gasteiger charge is -2.37. The number of pyridine rings is 1. The number of carbonyl (C=O) groups is 1. The molecule has 2 aromatic rings. The lowest BCUT2D eigenvalue weighted by molar-refractivity contribution is -0.141. The number of alkyl halides is 6. The van der Waals surface area contributed by atoms with Crippen molar-refractivity contribution in [1.29, 1.82) is 0 Å². The van der Waals surface area contributed by atoms with E-state index in [1.165, 1.54) is 12.1 Å². The van der Waals surface area contributed by atoms with Gasteiger partial charge in [-0.2, -0.15) is 26.3 Å². The van der Waals surface area contributed by atoms with Crippen molar-refractivity contribution in [3.63, 3.8) is 0 Å². The fourth-order valence-corrected chi connectivity index (χ4v) is 3.70. The minimum Gasteiger partial charge on any atom is -0.368 e. The van der Waals surface area contributed by atoms with Crippen molar-refractivity contribution in [2.45, 2.75) is 38.5 Å². The Labute approximate surface area is 181 Å². The molecule has 0 radical (unpaired) electrons. The molecule has 0 aliphatic carbocycles. The maximum Gasteiger partial charge on any atom is 0.433 e. The largest absolute Gasteiger partial charge is 0.433 e. The number of amides is 1. The molecule has 1 aromatic carbocycles. The van der Waals surface area contributed by atoms with Crippen LogP contribution in [0.5, 0.6) is 0 Å². The molecule has 3 rings (SSSR count). The van der Waals surface area contributed by atoms with Gasteiger partial charge in [0.05, 0.1) is 5.56 Å². The van der Waals surface area contributed by atoms with Crippen LogP contribution in [0.3, 0.4) is 0 Å². The standard InChI is InChI=1S/C22H23F6N3O/c1-14-3-5-17(21(23,24)25)12-18(14)30-7-9-31(10-8-30)20(32)11-15(2)16-4-6-19(29-13-16)22(26,27)28/h3-6,12-13,15H,7-11H2,1-2H3. The molecule has 1 unspecified atom stereocenters. The second kappa shape index (κ2) is 8.99. The number of aryl methyl sites for hydroxylation is 1. The molecule has 0 bridgehead atoms. The van der Waals surface area contributed by atoms with Gasteiger partial charge in [-0.05, 0) is 42.2 Å². The maximum absolute atomic E-state index is 13.0. The molecule has 0 N–H and O–H groups in total. The van der Waals surface area contributed by atoms with Crippen LogP contribution in [-0.2, 0) is 17.1 Å². The predicted octanol–water partition coefficient (Wildman–Crippen LogP) is 5.27. The average Bonchev–Trinajstić information content (AvgIpc) is 2.73. The van der Waals surface area contributed by atoms with Gasteiger partial charge >= 0.3 is 12.4 Å². The Morgan fingerprint density at radius 2 is 1.66 bits per heavy atom. The molecule has 1 fully saturated rings. The van der Waals surface area contributed by atoms with Gasteiger partial charge < -0.3 is 9.80 Å². The molecule has 1 aliphatic rings. The maximum atomic E-state index is 13.0. The predicted molar refractivity (Wildman–Crippen MR) is 107 cm³/mol. The molecule has 1 amide bonds. The third-order valence-electron chi connectivity index (χ3n) is 5.64. The summed E-state index contributed by atoms with van der Waals surface area (Å²) in [5.41, 5.74) is 0.0539. The molecule has 32 heavy (non-hydrogen) atoms. The SMILES string of the molecule is Cc1ccc(C(F)(F)F)cc1N1CCN(C(=O)CC(C)c2ccc(C(F)(F)F)nc2)CC1. The minimum atomic E-state index is -4.52. The highest BCUT2D eigenvalue weighted by Crippen LogP contribution is 2.34. The molecule has 1 saturated heterocycles. The van der Waals surface area contributed by atoms with E-state index in [4.69, 9.17) is 0 Å². The number of halogens is 6. The van der Waals surface area contributed by atoms with Gasteiger partial charge in [0.15, 0.2) is 0 Å². The second-order valence-electron chi connectivity index (χ2n) is 7.95. The quantitative estimate of drug-likeness (QED) is 0.585. The van der Waals surface area contributed by atoms with Crippen molar-refractivity contribution in [3.05, 3.63) is 58.9 Å². The second-order valence-corrected chi connectivity index (χ2v) is 7.95. The fourth-order valence-electron chi connectivity index (χ4n) is 3.70. The molecular formula is C22H23F6N3O. The first-order valence-corrected chi connectivity index (χ1v) is 10.1. The van der Waals surface area contributed by atoms with E-state index in [-0.39, 0.29) is 18.2 Å². The first kappa shape index (κ1) is 23.9. The number of rotatable bonds is 4. The summed E-state index contributed by atoms with van der Waals surface area (Å²) in [4.78, 5) is 19.6. The molecule has 1 aromatic heterocycles. The number of nitrogens with zero attached hydrogens (tertiary/aromatic N) is 3. The van der Waals surface area contributed by atoms with Crippen molar-refractivity contribution in [3.8, 4) is 0 Å². The summed E-state index contributed by atoms with van der Waals surface area (Å²) in [6, 6.07) is 5.84. The van der Waals surface area contributed by atoms with Crippen molar-refractivity contribution in [2.24, 2.45) is 0 Å². The molecule has 4 nitrogen and oxygen atoms in total. The zero-order valence-corrected chi connectivity index (χ0v) is 17.6. The number of benzene rings is 1. The number of hydrogen-bond donors (Lipinski definition) is 0. The summed E-state index contributed by atoms with van der Waals surface area (Å²) < 4.78 is 77.1. The molecule has 10 heteroatoms. The minimum absolute atomic E-state index is 0.107. The summed E-state index contributed by atoms with van der Waals surface area (Å²) >= 11 is 0. The highest BCUT2D eigenvalue weighted by Gasteiger charge is 2.33. The van der Waals surface area contributed by atoms with Gasteiger partial charge in [0.1, 0.15) is 5.69 Å². The number of anilines is 1. The Morgan fingerprint density at radius 1 is 1.00 bits per heavy atom. The summed E-state index contributed by atoms with van der Waals surface area (Å²) in [6.45, 7) is 4.98. The van der Waals surface area contributed by atoms with E-state index in [2.05, 4.69) is 4.98 Å². The van der Waals surface area contributed by atoms with Crippen LogP contribution in [-0.4, -0.2) is 42.0 Å². The van der Waals surface area contributed by atoms with Gasteiger partial charge in [-0.1, -0.05) is 19.1 Å².